The van der Waals surface area contributed by atoms with Crippen molar-refractivity contribution in [1.29, 1.82) is 5.26 Å². The van der Waals surface area contributed by atoms with Crippen LogP contribution < -0.4 is 4.90 Å². The van der Waals surface area contributed by atoms with Crippen LogP contribution in [0.25, 0.3) is 0 Å². The molecular formula is C20H16F5N3O. The monoisotopic (exact) mass is 409 g/mol. The highest BCUT2D eigenvalue weighted by molar-refractivity contribution is 5.97. The predicted octanol–water partition coefficient (Wildman–Crippen LogP) is 4.95. The second-order valence-corrected chi connectivity index (χ2v) is 6.61. The zero-order valence-electron chi connectivity index (χ0n) is 15.3. The lowest BCUT2D eigenvalue weighted by Gasteiger charge is -2.51. The quantitative estimate of drug-likeness (QED) is 0.530. The Morgan fingerprint density at radius 2 is 1.69 bits per heavy atom. The van der Waals surface area contributed by atoms with E-state index in [1.807, 2.05) is 0 Å². The standard InChI is InChI=1S/C20H16F5N3O/c1-2-19(13-3-5-14(21)6-4-13)16-11-15(22)7-8-17(16)27(10-9-26)18(29)28(19)12-20(23,24)25/h3-8,11H,2,10,12H2,1H3. The lowest BCUT2D eigenvalue weighted by molar-refractivity contribution is -0.149. The first-order valence-corrected chi connectivity index (χ1v) is 8.73. The number of halogens is 5. The van der Waals surface area contributed by atoms with Gasteiger partial charge in [-0.2, -0.15) is 18.4 Å². The van der Waals surface area contributed by atoms with Crippen molar-refractivity contribution in [3.63, 3.8) is 0 Å². The summed E-state index contributed by atoms with van der Waals surface area (Å²) in [6, 6.07) is 8.82. The van der Waals surface area contributed by atoms with Crippen LogP contribution in [-0.2, 0) is 5.54 Å². The summed E-state index contributed by atoms with van der Waals surface area (Å²) in [5.74, 6) is -1.31. The van der Waals surface area contributed by atoms with Crippen LogP contribution in [0.5, 0.6) is 0 Å². The van der Waals surface area contributed by atoms with Crippen LogP contribution in [0.15, 0.2) is 42.5 Å². The van der Waals surface area contributed by atoms with Gasteiger partial charge in [-0.25, -0.2) is 13.6 Å². The van der Waals surface area contributed by atoms with E-state index in [1.165, 1.54) is 18.2 Å². The van der Waals surface area contributed by atoms with Crippen LogP contribution in [0.4, 0.5) is 32.4 Å². The minimum atomic E-state index is -4.75. The molecule has 0 spiro atoms. The number of hydrogen-bond donors (Lipinski definition) is 0. The third-order valence-electron chi connectivity index (χ3n) is 5.02. The summed E-state index contributed by atoms with van der Waals surface area (Å²) in [7, 11) is 0. The summed E-state index contributed by atoms with van der Waals surface area (Å²) in [4.78, 5) is 14.6. The molecule has 2 aromatic carbocycles. The number of carbonyl (C=O) groups is 1. The molecule has 0 bridgehead atoms. The third kappa shape index (κ3) is 3.50. The molecule has 0 radical (unpaired) electrons. The van der Waals surface area contributed by atoms with E-state index in [2.05, 4.69) is 0 Å². The van der Waals surface area contributed by atoms with Crippen molar-refractivity contribution in [2.75, 3.05) is 18.0 Å². The van der Waals surface area contributed by atoms with E-state index >= 15 is 0 Å². The Hall–Kier alpha value is -3.15. The fourth-order valence-corrected chi connectivity index (χ4v) is 3.86. The fraction of sp³-hybridized carbons (Fsp3) is 0.300. The first-order valence-electron chi connectivity index (χ1n) is 8.73. The maximum atomic E-state index is 14.2. The molecule has 0 N–H and O–H groups in total. The van der Waals surface area contributed by atoms with Crippen LogP contribution >= 0.6 is 0 Å². The van der Waals surface area contributed by atoms with Crippen molar-refractivity contribution in [3.8, 4) is 6.07 Å². The molecule has 1 aliphatic rings. The van der Waals surface area contributed by atoms with E-state index in [0.29, 0.717) is 4.90 Å². The van der Waals surface area contributed by atoms with Crippen molar-refractivity contribution >= 4 is 11.7 Å². The predicted molar refractivity (Wildman–Crippen MR) is 95.0 cm³/mol. The van der Waals surface area contributed by atoms with Gasteiger partial charge in [0.15, 0.2) is 0 Å². The van der Waals surface area contributed by atoms with Crippen LogP contribution in [0.1, 0.15) is 24.5 Å². The Morgan fingerprint density at radius 3 is 2.24 bits per heavy atom. The summed E-state index contributed by atoms with van der Waals surface area (Å²) in [6.45, 7) is -0.557. The molecule has 0 fully saturated rings. The van der Waals surface area contributed by atoms with E-state index in [0.717, 1.165) is 29.2 Å². The largest absolute Gasteiger partial charge is 0.406 e. The number of nitriles is 1. The van der Waals surface area contributed by atoms with Crippen molar-refractivity contribution < 1.29 is 26.7 Å². The molecule has 4 nitrogen and oxygen atoms in total. The molecule has 29 heavy (non-hydrogen) atoms. The van der Waals surface area contributed by atoms with Gasteiger partial charge in [-0.1, -0.05) is 19.1 Å². The average Bonchev–Trinajstić information content (AvgIpc) is 2.66. The number of urea groups is 1. The minimum absolute atomic E-state index is 0.0305. The van der Waals surface area contributed by atoms with Gasteiger partial charge in [0, 0.05) is 5.56 Å². The SMILES string of the molecule is CCC1(c2ccc(F)cc2)c2cc(F)ccc2N(CC#N)C(=O)N1CC(F)(F)F. The van der Waals surface area contributed by atoms with Crippen molar-refractivity contribution in [3.05, 3.63) is 65.2 Å². The summed E-state index contributed by atoms with van der Waals surface area (Å²) < 4.78 is 67.9. The molecule has 0 saturated heterocycles. The van der Waals surface area contributed by atoms with E-state index in [9.17, 15) is 26.7 Å². The minimum Gasteiger partial charge on any atom is -0.301 e. The molecule has 1 atom stereocenters. The molecule has 3 rings (SSSR count). The first-order chi connectivity index (χ1) is 13.6. The number of rotatable bonds is 4. The van der Waals surface area contributed by atoms with Gasteiger partial charge in [0.1, 0.15) is 24.7 Å². The third-order valence-corrected chi connectivity index (χ3v) is 5.02. The van der Waals surface area contributed by atoms with Gasteiger partial charge in [-0.15, -0.1) is 0 Å². The van der Waals surface area contributed by atoms with E-state index in [1.54, 1.807) is 13.0 Å². The summed E-state index contributed by atoms with van der Waals surface area (Å²) in [5.41, 5.74) is -1.24. The average molecular weight is 409 g/mol. The number of hydrogen-bond acceptors (Lipinski definition) is 2. The maximum absolute atomic E-state index is 14.2. The highest BCUT2D eigenvalue weighted by Gasteiger charge is 2.52. The van der Waals surface area contributed by atoms with Crippen LogP contribution in [0.3, 0.4) is 0 Å². The van der Waals surface area contributed by atoms with E-state index < -0.39 is 42.5 Å². The molecule has 1 unspecified atom stereocenters. The van der Waals surface area contributed by atoms with Crippen LogP contribution in [0, 0.1) is 23.0 Å². The van der Waals surface area contributed by atoms with Gasteiger partial charge in [0.25, 0.3) is 0 Å². The van der Waals surface area contributed by atoms with Gasteiger partial charge in [-0.3, -0.25) is 4.90 Å². The molecule has 0 aliphatic carbocycles. The molecule has 2 amide bonds. The topological polar surface area (TPSA) is 47.3 Å². The van der Waals surface area contributed by atoms with Gasteiger partial charge >= 0.3 is 12.2 Å². The molecule has 0 aromatic heterocycles. The first kappa shape index (κ1) is 20.6. The van der Waals surface area contributed by atoms with Crippen LogP contribution in [-0.4, -0.2) is 30.2 Å². The van der Waals surface area contributed by atoms with Crippen molar-refractivity contribution in [1.82, 2.24) is 4.90 Å². The summed E-state index contributed by atoms with van der Waals surface area (Å²) in [6.07, 6.45) is -4.78. The highest BCUT2D eigenvalue weighted by atomic mass is 19.4. The fourth-order valence-electron chi connectivity index (χ4n) is 3.86. The number of anilines is 1. The molecule has 1 heterocycles. The second-order valence-electron chi connectivity index (χ2n) is 6.61. The van der Waals surface area contributed by atoms with Crippen molar-refractivity contribution in [2.45, 2.75) is 25.1 Å². The Morgan fingerprint density at radius 1 is 1.07 bits per heavy atom. The van der Waals surface area contributed by atoms with Crippen molar-refractivity contribution in [2.24, 2.45) is 0 Å². The Bertz CT molecular complexity index is 968. The maximum Gasteiger partial charge on any atom is 0.406 e. The molecule has 152 valence electrons. The number of carbonyl (C=O) groups excluding carboxylic acids is 1. The van der Waals surface area contributed by atoms with E-state index in [-0.39, 0.29) is 23.2 Å². The molecule has 0 saturated carbocycles. The van der Waals surface area contributed by atoms with Gasteiger partial charge < -0.3 is 4.90 Å². The normalized spacial score (nSPS) is 19.1. The molecule has 2 aromatic rings. The number of benzene rings is 2. The lowest BCUT2D eigenvalue weighted by atomic mass is 9.76. The van der Waals surface area contributed by atoms with Crippen LogP contribution in [0.2, 0.25) is 0 Å². The zero-order valence-corrected chi connectivity index (χ0v) is 15.3. The second kappa shape index (κ2) is 7.35. The van der Waals surface area contributed by atoms with Gasteiger partial charge in [0.2, 0.25) is 0 Å². The number of alkyl halides is 3. The smallest absolute Gasteiger partial charge is 0.301 e. The summed E-state index contributed by atoms with van der Waals surface area (Å²) in [5, 5.41) is 9.07. The number of nitrogens with zero attached hydrogens (tertiary/aromatic N) is 3. The van der Waals surface area contributed by atoms with Gasteiger partial charge in [-0.05, 0) is 42.3 Å². The molecule has 1 aliphatic heterocycles. The van der Waals surface area contributed by atoms with E-state index in [4.69, 9.17) is 5.26 Å². The molecular weight excluding hydrogens is 393 g/mol. The number of amides is 2. The Labute approximate surface area is 163 Å². The zero-order chi connectivity index (χ0) is 21.4. The Balaban J connectivity index is 2.37. The molecule has 9 heteroatoms. The van der Waals surface area contributed by atoms with Gasteiger partial charge in [0.05, 0.1) is 17.3 Å². The highest BCUT2D eigenvalue weighted by Crippen LogP contribution is 2.48. The number of fused-ring (bicyclic) bond motifs is 1. The summed E-state index contributed by atoms with van der Waals surface area (Å²) >= 11 is 0. The Kier molecular flexibility index (Phi) is 5.22. The lowest BCUT2D eigenvalue weighted by Crippen LogP contribution is -2.61.